The van der Waals surface area contributed by atoms with E-state index >= 15 is 0 Å². The van der Waals surface area contributed by atoms with Crippen molar-refractivity contribution in [1.29, 1.82) is 0 Å². The summed E-state index contributed by atoms with van der Waals surface area (Å²) in [5, 5.41) is 14.6. The van der Waals surface area contributed by atoms with E-state index in [-0.39, 0.29) is 16.8 Å². The second-order valence-electron chi connectivity index (χ2n) is 5.24. The molecule has 0 radical (unpaired) electrons. The Morgan fingerprint density at radius 1 is 1.42 bits per heavy atom. The zero-order valence-electron chi connectivity index (χ0n) is 11.0. The van der Waals surface area contributed by atoms with Gasteiger partial charge < -0.3 is 15.7 Å². The van der Waals surface area contributed by atoms with E-state index in [2.05, 4.69) is 16.9 Å². The molecule has 0 aromatic heterocycles. The van der Waals surface area contributed by atoms with Crippen LogP contribution >= 0.6 is 11.8 Å². The first kappa shape index (κ1) is 14.2. The summed E-state index contributed by atoms with van der Waals surface area (Å²) in [7, 11) is 0. The summed E-state index contributed by atoms with van der Waals surface area (Å²) in [6.45, 7) is 0.679. The van der Waals surface area contributed by atoms with Crippen molar-refractivity contribution in [2.24, 2.45) is 5.92 Å². The maximum Gasteiger partial charge on any atom is 0.315 e. The number of urea groups is 1. The van der Waals surface area contributed by atoms with Gasteiger partial charge in [-0.2, -0.15) is 11.8 Å². The summed E-state index contributed by atoms with van der Waals surface area (Å²) in [5.41, 5.74) is 0. The number of carboxylic acid groups (broad SMARTS) is 1. The van der Waals surface area contributed by atoms with Crippen LogP contribution in [0, 0.1) is 5.92 Å². The molecule has 6 heteroatoms. The molecule has 3 N–H and O–H groups in total. The molecule has 0 aromatic carbocycles. The number of aliphatic carboxylic acids is 1. The number of hydrogen-bond donors (Lipinski definition) is 3. The van der Waals surface area contributed by atoms with E-state index < -0.39 is 11.9 Å². The minimum atomic E-state index is -0.836. The van der Waals surface area contributed by atoms with Gasteiger partial charge in [0.1, 0.15) is 0 Å². The lowest BCUT2D eigenvalue weighted by molar-refractivity contribution is -0.140. The van der Waals surface area contributed by atoms with Gasteiger partial charge in [-0.15, -0.1) is 0 Å². The largest absolute Gasteiger partial charge is 0.481 e. The zero-order valence-corrected chi connectivity index (χ0v) is 11.8. The van der Waals surface area contributed by atoms with Crippen LogP contribution in [0.1, 0.15) is 25.7 Å². The normalized spacial score (nSPS) is 27.6. The Kier molecular flexibility index (Phi) is 4.39. The molecule has 2 rings (SSSR count). The minimum absolute atomic E-state index is 0.173. The van der Waals surface area contributed by atoms with Crippen molar-refractivity contribution in [3.8, 4) is 0 Å². The summed E-state index contributed by atoms with van der Waals surface area (Å²) in [5.74, 6) is -1.31. The number of carbonyl (C=O) groups is 2. The predicted molar refractivity (Wildman–Crippen MR) is 75.3 cm³/mol. The Morgan fingerprint density at radius 2 is 2.16 bits per heavy atom. The van der Waals surface area contributed by atoms with Gasteiger partial charge in [-0.25, -0.2) is 4.79 Å². The van der Waals surface area contributed by atoms with E-state index in [1.807, 2.05) is 11.8 Å². The van der Waals surface area contributed by atoms with Crippen molar-refractivity contribution in [2.75, 3.05) is 12.8 Å². The molecule has 1 saturated carbocycles. The number of nitrogens with one attached hydrogen (secondary N) is 2. The van der Waals surface area contributed by atoms with E-state index in [1.54, 1.807) is 12.2 Å². The van der Waals surface area contributed by atoms with Gasteiger partial charge in [0, 0.05) is 11.3 Å². The third-order valence-electron chi connectivity index (χ3n) is 3.99. The summed E-state index contributed by atoms with van der Waals surface area (Å²) in [4.78, 5) is 22.6. The fraction of sp³-hybridized carbons (Fsp3) is 0.692. The highest BCUT2D eigenvalue weighted by atomic mass is 32.2. The molecule has 2 amide bonds. The molecule has 0 heterocycles. The van der Waals surface area contributed by atoms with Gasteiger partial charge in [-0.1, -0.05) is 18.6 Å². The summed E-state index contributed by atoms with van der Waals surface area (Å²) >= 11 is 1.81. The maximum atomic E-state index is 11.8. The number of rotatable bonds is 5. The van der Waals surface area contributed by atoms with E-state index in [9.17, 15) is 9.59 Å². The van der Waals surface area contributed by atoms with E-state index in [0.717, 1.165) is 12.8 Å². The van der Waals surface area contributed by atoms with Crippen molar-refractivity contribution < 1.29 is 14.7 Å². The number of amides is 2. The van der Waals surface area contributed by atoms with E-state index in [0.29, 0.717) is 13.0 Å². The van der Waals surface area contributed by atoms with Gasteiger partial charge >= 0.3 is 12.0 Å². The van der Waals surface area contributed by atoms with Gasteiger partial charge in [0.15, 0.2) is 0 Å². The Bertz CT molecular complexity index is 388. The third kappa shape index (κ3) is 3.43. The monoisotopic (exact) mass is 284 g/mol. The number of thioether (sulfide) groups is 1. The Hall–Kier alpha value is -1.17. The third-order valence-corrected chi connectivity index (χ3v) is 5.40. The Balaban J connectivity index is 1.71. The molecule has 2 aliphatic carbocycles. The van der Waals surface area contributed by atoms with Crippen molar-refractivity contribution in [2.45, 2.75) is 36.5 Å². The standard InChI is InChI=1S/C13H20N2O3S/c1-19-13(5-2-6-13)8-14-12(18)15-10-4-3-9(7-10)11(16)17/h3-4,9-10H,2,5-8H2,1H3,(H,16,17)(H2,14,15,18). The molecule has 19 heavy (non-hydrogen) atoms. The van der Waals surface area contributed by atoms with Crippen LogP contribution in [0.3, 0.4) is 0 Å². The lowest BCUT2D eigenvalue weighted by Gasteiger charge is -2.40. The highest BCUT2D eigenvalue weighted by Gasteiger charge is 2.36. The van der Waals surface area contributed by atoms with Crippen molar-refractivity contribution in [1.82, 2.24) is 10.6 Å². The smallest absolute Gasteiger partial charge is 0.315 e. The SMILES string of the molecule is CSC1(CNC(=O)NC2C=CC(C(=O)O)C2)CCC1. The predicted octanol–water partition coefficient (Wildman–Crippen LogP) is 1.60. The molecule has 1 fully saturated rings. The molecule has 2 unspecified atom stereocenters. The molecule has 0 spiro atoms. The topological polar surface area (TPSA) is 78.4 Å². The molecule has 2 atom stereocenters. The zero-order chi connectivity index (χ0) is 13.9. The van der Waals surface area contributed by atoms with Gasteiger partial charge in [0.05, 0.1) is 12.0 Å². The lowest BCUT2D eigenvalue weighted by atomic mass is 9.84. The van der Waals surface area contributed by atoms with Crippen LogP contribution in [0.4, 0.5) is 4.79 Å². The Morgan fingerprint density at radius 3 is 2.63 bits per heavy atom. The quantitative estimate of drug-likeness (QED) is 0.670. The minimum Gasteiger partial charge on any atom is -0.481 e. The maximum absolute atomic E-state index is 11.8. The molecule has 0 aromatic rings. The van der Waals surface area contributed by atoms with Crippen LogP contribution in [-0.4, -0.2) is 40.7 Å². The Labute approximate surface area is 117 Å². The molecule has 106 valence electrons. The van der Waals surface area contributed by atoms with Crippen molar-refractivity contribution in [3.05, 3.63) is 12.2 Å². The molecule has 5 nitrogen and oxygen atoms in total. The van der Waals surface area contributed by atoms with Crippen LogP contribution < -0.4 is 10.6 Å². The van der Waals surface area contributed by atoms with Crippen LogP contribution in [0.15, 0.2) is 12.2 Å². The second-order valence-corrected chi connectivity index (χ2v) is 6.51. The fourth-order valence-corrected chi connectivity index (χ4v) is 3.39. The van der Waals surface area contributed by atoms with Gasteiger partial charge in [0.2, 0.25) is 0 Å². The average molecular weight is 284 g/mol. The second kappa shape index (κ2) is 5.86. The number of hydrogen-bond acceptors (Lipinski definition) is 3. The summed E-state index contributed by atoms with van der Waals surface area (Å²) < 4.78 is 0.215. The van der Waals surface area contributed by atoms with Crippen molar-refractivity contribution >= 4 is 23.8 Å². The first-order valence-corrected chi connectivity index (χ1v) is 7.78. The molecular formula is C13H20N2O3S. The molecular weight excluding hydrogens is 264 g/mol. The van der Waals surface area contributed by atoms with E-state index in [4.69, 9.17) is 5.11 Å². The first-order valence-electron chi connectivity index (χ1n) is 6.55. The average Bonchev–Trinajstić information content (AvgIpc) is 2.77. The summed E-state index contributed by atoms with van der Waals surface area (Å²) in [6.07, 6.45) is 9.45. The lowest BCUT2D eigenvalue weighted by Crippen LogP contribution is -2.49. The van der Waals surface area contributed by atoms with Gasteiger partial charge in [-0.3, -0.25) is 4.79 Å². The highest BCUT2D eigenvalue weighted by molar-refractivity contribution is 8.00. The van der Waals surface area contributed by atoms with Gasteiger partial charge in [0.25, 0.3) is 0 Å². The first-order chi connectivity index (χ1) is 9.04. The van der Waals surface area contributed by atoms with Crippen LogP contribution in [0.25, 0.3) is 0 Å². The van der Waals surface area contributed by atoms with Crippen molar-refractivity contribution in [3.63, 3.8) is 0 Å². The molecule has 0 saturated heterocycles. The highest BCUT2D eigenvalue weighted by Crippen LogP contribution is 2.42. The van der Waals surface area contributed by atoms with Gasteiger partial charge in [-0.05, 0) is 25.5 Å². The number of carboxylic acids is 1. The van der Waals surface area contributed by atoms with Crippen LogP contribution in [-0.2, 0) is 4.79 Å². The van der Waals surface area contributed by atoms with E-state index in [1.165, 1.54) is 6.42 Å². The molecule has 0 bridgehead atoms. The van der Waals surface area contributed by atoms with Crippen LogP contribution in [0.2, 0.25) is 0 Å². The fourth-order valence-electron chi connectivity index (χ4n) is 2.47. The summed E-state index contributed by atoms with van der Waals surface area (Å²) in [6, 6.07) is -0.381. The van der Waals surface area contributed by atoms with Crippen LogP contribution in [0.5, 0.6) is 0 Å². The number of carbonyl (C=O) groups excluding carboxylic acids is 1. The molecule has 2 aliphatic rings. The molecule has 0 aliphatic heterocycles.